The minimum atomic E-state index is -1.04. The average molecular weight is 346 g/mol. The number of halogens is 1. The molecule has 3 N–H and O–H groups in total. The fraction of sp³-hybridized carbons (Fsp3) is 0.176. The van der Waals surface area contributed by atoms with Crippen molar-refractivity contribution >= 4 is 35.0 Å². The zero-order valence-corrected chi connectivity index (χ0v) is 13.4. The van der Waals surface area contributed by atoms with E-state index in [2.05, 4.69) is 10.6 Å². The third-order valence-corrected chi connectivity index (χ3v) is 4.72. The van der Waals surface area contributed by atoms with Gasteiger partial charge in [-0.3, -0.25) is 4.79 Å². The molecule has 1 heterocycles. The molecule has 1 atom stereocenters. The number of fused-ring (bicyclic) bond motifs is 1. The highest BCUT2D eigenvalue weighted by molar-refractivity contribution is 7.98. The number of amides is 1. The maximum Gasteiger partial charge on any atom is 0.335 e. The molecule has 0 saturated heterocycles. The van der Waals surface area contributed by atoms with Crippen LogP contribution in [0.1, 0.15) is 15.9 Å². The van der Waals surface area contributed by atoms with Crippen LogP contribution in [0.2, 0.25) is 0 Å². The van der Waals surface area contributed by atoms with Gasteiger partial charge in [-0.2, -0.15) is 11.8 Å². The van der Waals surface area contributed by atoms with Gasteiger partial charge in [-0.15, -0.1) is 0 Å². The molecular weight excluding hydrogens is 331 g/mol. The summed E-state index contributed by atoms with van der Waals surface area (Å²) in [6.07, 6.45) is 0. The summed E-state index contributed by atoms with van der Waals surface area (Å²) in [6.45, 7) is 0. The van der Waals surface area contributed by atoms with Crippen LogP contribution >= 0.6 is 11.8 Å². The second-order valence-corrected chi connectivity index (χ2v) is 6.43. The van der Waals surface area contributed by atoms with Crippen molar-refractivity contribution in [2.75, 3.05) is 16.4 Å². The Morgan fingerprint density at radius 3 is 2.79 bits per heavy atom. The topological polar surface area (TPSA) is 78.4 Å². The summed E-state index contributed by atoms with van der Waals surface area (Å²) in [4.78, 5) is 23.1. The lowest BCUT2D eigenvalue weighted by Gasteiger charge is -2.26. The van der Waals surface area contributed by atoms with Gasteiger partial charge in [-0.1, -0.05) is 12.1 Å². The molecule has 0 aromatic heterocycles. The molecule has 1 unspecified atom stereocenters. The smallest absolute Gasteiger partial charge is 0.335 e. The molecule has 0 spiro atoms. The van der Waals surface area contributed by atoms with Gasteiger partial charge < -0.3 is 15.7 Å². The van der Waals surface area contributed by atoms with E-state index in [1.807, 2.05) is 6.07 Å². The van der Waals surface area contributed by atoms with E-state index in [-0.39, 0.29) is 17.3 Å². The predicted molar refractivity (Wildman–Crippen MR) is 92.0 cm³/mol. The highest BCUT2D eigenvalue weighted by Gasteiger charge is 2.25. The Labute approximate surface area is 142 Å². The molecule has 124 valence electrons. The van der Waals surface area contributed by atoms with Crippen molar-refractivity contribution < 1.29 is 19.1 Å². The molecule has 1 amide bonds. The second-order valence-electron chi connectivity index (χ2n) is 5.40. The number of hydrogen-bond acceptors (Lipinski definition) is 4. The lowest BCUT2D eigenvalue weighted by molar-refractivity contribution is -0.116. The first-order valence-electron chi connectivity index (χ1n) is 7.30. The number of anilines is 2. The molecule has 0 aliphatic carbocycles. The minimum Gasteiger partial charge on any atom is -0.478 e. The molecule has 0 fully saturated rings. The van der Waals surface area contributed by atoms with Crippen molar-refractivity contribution in [3.8, 4) is 0 Å². The van der Waals surface area contributed by atoms with Gasteiger partial charge >= 0.3 is 5.97 Å². The standard InChI is InChI=1S/C17H15FN2O3S/c18-12-3-1-2-10(6-12)8-24-9-15-16(21)20-14-7-11(17(22)23)4-5-13(14)19-15/h1-7,15,19H,8-9H2,(H,20,21)(H,22,23). The van der Waals surface area contributed by atoms with Crippen molar-refractivity contribution in [2.45, 2.75) is 11.8 Å². The summed E-state index contributed by atoms with van der Waals surface area (Å²) < 4.78 is 13.1. The summed E-state index contributed by atoms with van der Waals surface area (Å²) in [5.74, 6) is -0.405. The van der Waals surface area contributed by atoms with E-state index in [0.717, 1.165) is 5.56 Å². The van der Waals surface area contributed by atoms with E-state index in [4.69, 9.17) is 5.11 Å². The highest BCUT2D eigenvalue weighted by Crippen LogP contribution is 2.29. The summed E-state index contributed by atoms with van der Waals surface area (Å²) >= 11 is 1.52. The Morgan fingerprint density at radius 2 is 2.04 bits per heavy atom. The Morgan fingerprint density at radius 1 is 1.21 bits per heavy atom. The van der Waals surface area contributed by atoms with E-state index < -0.39 is 12.0 Å². The van der Waals surface area contributed by atoms with Gasteiger partial charge in [0.05, 0.1) is 16.9 Å². The number of nitrogens with one attached hydrogen (secondary N) is 2. The molecular formula is C17H15FN2O3S. The molecule has 2 aromatic carbocycles. The summed E-state index contributed by atoms with van der Waals surface area (Å²) in [7, 11) is 0. The normalized spacial score (nSPS) is 16.0. The summed E-state index contributed by atoms with van der Waals surface area (Å²) in [5, 5.41) is 14.8. The zero-order chi connectivity index (χ0) is 17.1. The number of thioether (sulfide) groups is 1. The van der Waals surface area contributed by atoms with Crippen molar-refractivity contribution in [2.24, 2.45) is 0 Å². The van der Waals surface area contributed by atoms with Crippen molar-refractivity contribution in [1.82, 2.24) is 0 Å². The van der Waals surface area contributed by atoms with Gasteiger partial charge in [-0.25, -0.2) is 9.18 Å². The zero-order valence-electron chi connectivity index (χ0n) is 12.6. The number of rotatable bonds is 5. The quantitative estimate of drug-likeness (QED) is 0.775. The van der Waals surface area contributed by atoms with Crippen LogP contribution in [0.5, 0.6) is 0 Å². The number of carboxylic acids is 1. The molecule has 24 heavy (non-hydrogen) atoms. The van der Waals surface area contributed by atoms with Crippen molar-refractivity contribution in [3.05, 3.63) is 59.4 Å². The number of carboxylic acid groups (broad SMARTS) is 1. The number of carbonyl (C=O) groups is 2. The molecule has 3 rings (SSSR count). The van der Waals surface area contributed by atoms with Crippen molar-refractivity contribution in [1.29, 1.82) is 0 Å². The van der Waals surface area contributed by atoms with Gasteiger partial charge in [0.2, 0.25) is 5.91 Å². The van der Waals surface area contributed by atoms with E-state index in [1.165, 1.54) is 36.0 Å². The fourth-order valence-corrected chi connectivity index (χ4v) is 3.42. The SMILES string of the molecule is O=C(O)c1ccc2c(c1)NC(=O)C(CSCc1cccc(F)c1)N2. The second kappa shape index (κ2) is 6.92. The third-order valence-electron chi connectivity index (χ3n) is 3.61. The van der Waals surface area contributed by atoms with Crippen LogP contribution in [-0.2, 0) is 10.5 Å². The van der Waals surface area contributed by atoms with Crippen LogP contribution in [0.25, 0.3) is 0 Å². The first-order valence-corrected chi connectivity index (χ1v) is 8.45. The Kier molecular flexibility index (Phi) is 4.71. The maximum absolute atomic E-state index is 13.1. The highest BCUT2D eigenvalue weighted by atomic mass is 32.2. The first kappa shape index (κ1) is 16.3. The fourth-order valence-electron chi connectivity index (χ4n) is 2.42. The average Bonchev–Trinajstić information content (AvgIpc) is 2.55. The van der Waals surface area contributed by atoms with Crippen molar-refractivity contribution in [3.63, 3.8) is 0 Å². The van der Waals surface area contributed by atoms with E-state index in [1.54, 1.807) is 12.1 Å². The maximum atomic E-state index is 13.1. The lowest BCUT2D eigenvalue weighted by atomic mass is 10.1. The van der Waals surface area contributed by atoms with Crippen LogP contribution in [0, 0.1) is 5.82 Å². The molecule has 2 aromatic rings. The summed E-state index contributed by atoms with van der Waals surface area (Å²) in [5.41, 5.74) is 2.14. The monoisotopic (exact) mass is 346 g/mol. The third kappa shape index (κ3) is 3.68. The first-order chi connectivity index (χ1) is 11.5. The van der Waals surface area contributed by atoms with Crippen LogP contribution in [0.15, 0.2) is 42.5 Å². The minimum absolute atomic E-state index is 0.120. The molecule has 0 saturated carbocycles. The molecule has 5 nitrogen and oxygen atoms in total. The van der Waals surface area contributed by atoms with E-state index in [0.29, 0.717) is 22.9 Å². The Balaban J connectivity index is 1.62. The van der Waals surface area contributed by atoms with Crippen LogP contribution in [-0.4, -0.2) is 28.8 Å². The van der Waals surface area contributed by atoms with Crippen LogP contribution in [0.3, 0.4) is 0 Å². The van der Waals surface area contributed by atoms with Gasteiger partial charge in [0.1, 0.15) is 11.9 Å². The molecule has 0 bridgehead atoms. The lowest BCUT2D eigenvalue weighted by Crippen LogP contribution is -2.40. The molecule has 1 aliphatic heterocycles. The molecule has 7 heteroatoms. The number of hydrogen-bond donors (Lipinski definition) is 3. The van der Waals surface area contributed by atoms with Gasteiger partial charge in [-0.05, 0) is 35.9 Å². The molecule has 1 aliphatic rings. The van der Waals surface area contributed by atoms with Gasteiger partial charge in [0.15, 0.2) is 0 Å². The summed E-state index contributed by atoms with van der Waals surface area (Å²) in [6, 6.07) is 10.5. The van der Waals surface area contributed by atoms with Gasteiger partial charge in [0.25, 0.3) is 0 Å². The predicted octanol–water partition coefficient (Wildman–Crippen LogP) is 3.19. The van der Waals surface area contributed by atoms with E-state index >= 15 is 0 Å². The van der Waals surface area contributed by atoms with Crippen LogP contribution in [0.4, 0.5) is 15.8 Å². The number of aromatic carboxylic acids is 1. The Hall–Kier alpha value is -2.54. The van der Waals surface area contributed by atoms with Gasteiger partial charge in [0, 0.05) is 11.5 Å². The van der Waals surface area contributed by atoms with E-state index in [9.17, 15) is 14.0 Å². The number of benzene rings is 2. The Bertz CT molecular complexity index is 797. The molecule has 0 radical (unpaired) electrons. The largest absolute Gasteiger partial charge is 0.478 e. The van der Waals surface area contributed by atoms with Crippen LogP contribution < -0.4 is 10.6 Å². The number of carbonyl (C=O) groups excluding carboxylic acids is 1.